The third-order valence-electron chi connectivity index (χ3n) is 5.20. The third kappa shape index (κ3) is 2.28. The molecule has 0 aromatic carbocycles. The van der Waals surface area contributed by atoms with Gasteiger partial charge in [-0.1, -0.05) is 19.6 Å². The monoisotopic (exact) mass is 306 g/mol. The van der Waals surface area contributed by atoms with Gasteiger partial charge in [0.05, 0.1) is 5.60 Å². The lowest BCUT2D eigenvalue weighted by atomic mass is 9.84. The Balaban J connectivity index is 2.01. The van der Waals surface area contributed by atoms with Gasteiger partial charge in [0.25, 0.3) is 0 Å². The Morgan fingerprint density at radius 1 is 1.55 bits per heavy atom. The van der Waals surface area contributed by atoms with E-state index in [1.54, 1.807) is 6.92 Å². The van der Waals surface area contributed by atoms with Gasteiger partial charge in [-0.3, -0.25) is 4.79 Å². The first-order valence-electron chi connectivity index (χ1n) is 7.72. The van der Waals surface area contributed by atoms with Crippen molar-refractivity contribution in [3.05, 3.63) is 23.8 Å². The molecule has 1 heterocycles. The van der Waals surface area contributed by atoms with Crippen LogP contribution in [-0.4, -0.2) is 34.9 Å². The van der Waals surface area contributed by atoms with Gasteiger partial charge in [-0.2, -0.15) is 0 Å². The number of esters is 2. The van der Waals surface area contributed by atoms with Crippen molar-refractivity contribution in [3.8, 4) is 0 Å². The molecule has 0 radical (unpaired) electrons. The summed E-state index contributed by atoms with van der Waals surface area (Å²) in [5, 5.41) is 10.8. The van der Waals surface area contributed by atoms with E-state index in [1.807, 2.05) is 13.0 Å². The number of hydrogen-bond acceptors (Lipinski definition) is 5. The molecule has 5 heteroatoms. The van der Waals surface area contributed by atoms with Crippen LogP contribution < -0.4 is 0 Å². The first kappa shape index (κ1) is 15.3. The molecule has 2 aliphatic carbocycles. The summed E-state index contributed by atoms with van der Waals surface area (Å²) in [5.74, 6) is -0.798. The molecule has 3 aliphatic rings. The number of hydrogen-bond donors (Lipinski definition) is 1. The van der Waals surface area contributed by atoms with Gasteiger partial charge in [-0.05, 0) is 24.8 Å². The first-order chi connectivity index (χ1) is 10.2. The SMILES string of the molecule is C=C1C(=O)O[C@H]2C[C@@H](C)[C@H]3C(=C[C@H]12)[C@@](C)(O)C[C@H]3OC(C)=O. The Morgan fingerprint density at radius 2 is 2.23 bits per heavy atom. The minimum absolute atomic E-state index is 0.0454. The largest absolute Gasteiger partial charge is 0.462 e. The normalized spacial score (nSPS) is 43.8. The third-order valence-corrected chi connectivity index (χ3v) is 5.20. The molecule has 22 heavy (non-hydrogen) atoms. The van der Waals surface area contributed by atoms with Gasteiger partial charge >= 0.3 is 11.9 Å². The van der Waals surface area contributed by atoms with Gasteiger partial charge in [0.1, 0.15) is 12.2 Å². The van der Waals surface area contributed by atoms with E-state index in [4.69, 9.17) is 9.47 Å². The molecule has 1 saturated heterocycles. The topological polar surface area (TPSA) is 72.8 Å². The molecular formula is C17H22O5. The summed E-state index contributed by atoms with van der Waals surface area (Å²) in [6.45, 7) is 9.00. The van der Waals surface area contributed by atoms with E-state index >= 15 is 0 Å². The van der Waals surface area contributed by atoms with Crippen LogP contribution in [-0.2, 0) is 19.1 Å². The lowest BCUT2D eigenvalue weighted by Crippen LogP contribution is -2.28. The molecule has 5 nitrogen and oxygen atoms in total. The summed E-state index contributed by atoms with van der Waals surface area (Å²) in [6.07, 6.45) is 2.41. The smallest absolute Gasteiger partial charge is 0.334 e. The quantitative estimate of drug-likeness (QED) is 0.454. The van der Waals surface area contributed by atoms with E-state index in [0.29, 0.717) is 18.4 Å². The molecule has 0 bridgehead atoms. The summed E-state index contributed by atoms with van der Waals surface area (Å²) in [4.78, 5) is 23.1. The van der Waals surface area contributed by atoms with E-state index in [0.717, 1.165) is 5.57 Å². The molecule has 0 spiro atoms. The molecule has 0 amide bonds. The fourth-order valence-electron chi connectivity index (χ4n) is 4.24. The number of ether oxygens (including phenoxy) is 2. The average Bonchev–Trinajstić information content (AvgIpc) is 2.71. The fraction of sp³-hybridized carbons (Fsp3) is 0.647. The maximum atomic E-state index is 11.7. The molecule has 3 rings (SSSR count). The number of carbonyl (C=O) groups is 2. The predicted molar refractivity (Wildman–Crippen MR) is 78.7 cm³/mol. The lowest BCUT2D eigenvalue weighted by molar-refractivity contribution is -0.149. The molecule has 1 N–H and O–H groups in total. The highest BCUT2D eigenvalue weighted by Gasteiger charge is 2.53. The molecule has 120 valence electrons. The second kappa shape index (κ2) is 4.95. The van der Waals surface area contributed by atoms with E-state index < -0.39 is 5.60 Å². The molecule has 2 fully saturated rings. The zero-order valence-corrected chi connectivity index (χ0v) is 13.2. The number of fused-ring (bicyclic) bond motifs is 2. The number of aliphatic hydroxyl groups is 1. The van der Waals surface area contributed by atoms with Gasteiger partial charge in [0, 0.05) is 30.8 Å². The molecular weight excluding hydrogens is 284 g/mol. The van der Waals surface area contributed by atoms with Crippen molar-refractivity contribution >= 4 is 11.9 Å². The van der Waals surface area contributed by atoms with E-state index in [-0.39, 0.29) is 41.9 Å². The van der Waals surface area contributed by atoms with E-state index in [1.165, 1.54) is 6.92 Å². The highest BCUT2D eigenvalue weighted by Crippen LogP contribution is 2.51. The van der Waals surface area contributed by atoms with Crippen molar-refractivity contribution in [3.63, 3.8) is 0 Å². The van der Waals surface area contributed by atoms with Crippen molar-refractivity contribution in [2.45, 2.75) is 51.4 Å². The van der Waals surface area contributed by atoms with Crippen LogP contribution in [0.25, 0.3) is 0 Å². The summed E-state index contributed by atoms with van der Waals surface area (Å²) < 4.78 is 10.8. The van der Waals surface area contributed by atoms with Gasteiger partial charge in [0.2, 0.25) is 0 Å². The summed E-state index contributed by atoms with van der Waals surface area (Å²) in [7, 11) is 0. The lowest BCUT2D eigenvalue weighted by Gasteiger charge is -2.26. The minimum atomic E-state index is -1.04. The zero-order chi connectivity index (χ0) is 16.2. The summed E-state index contributed by atoms with van der Waals surface area (Å²) in [5.41, 5.74) is 0.245. The van der Waals surface area contributed by atoms with E-state index in [9.17, 15) is 14.7 Å². The van der Waals surface area contributed by atoms with Gasteiger partial charge in [-0.25, -0.2) is 4.79 Å². The summed E-state index contributed by atoms with van der Waals surface area (Å²) in [6, 6.07) is 0. The van der Waals surface area contributed by atoms with Crippen LogP contribution in [0.3, 0.4) is 0 Å². The van der Waals surface area contributed by atoms with Crippen LogP contribution in [0.2, 0.25) is 0 Å². The van der Waals surface area contributed by atoms with Crippen LogP contribution in [0.1, 0.15) is 33.6 Å². The van der Waals surface area contributed by atoms with Gasteiger partial charge in [0.15, 0.2) is 0 Å². The fourth-order valence-corrected chi connectivity index (χ4v) is 4.24. The highest BCUT2D eigenvalue weighted by atomic mass is 16.6. The first-order valence-corrected chi connectivity index (χ1v) is 7.72. The van der Waals surface area contributed by atoms with Gasteiger partial charge in [-0.15, -0.1) is 0 Å². The predicted octanol–water partition coefficient (Wildman–Crippen LogP) is 1.75. The zero-order valence-electron chi connectivity index (χ0n) is 13.2. The standard InChI is InChI=1S/C17H22O5/c1-8-5-13-11(9(2)16(19)22-13)6-12-15(8)14(21-10(3)18)7-17(12,4)20/h6,8,11,13-15,20H,2,5,7H2,1,3-4H3/t8-,11-,13+,14-,15+,17+/m1/s1. The molecule has 6 atom stereocenters. The molecule has 1 saturated carbocycles. The Hall–Kier alpha value is -1.62. The number of carbonyl (C=O) groups excluding carboxylic acids is 2. The van der Waals surface area contributed by atoms with Gasteiger partial charge < -0.3 is 14.6 Å². The average molecular weight is 306 g/mol. The Morgan fingerprint density at radius 3 is 2.86 bits per heavy atom. The van der Waals surface area contributed by atoms with Crippen molar-refractivity contribution in [2.24, 2.45) is 17.8 Å². The Bertz CT molecular complexity index is 574. The van der Waals surface area contributed by atoms with Crippen LogP contribution in [0.15, 0.2) is 23.8 Å². The molecule has 0 unspecified atom stereocenters. The van der Waals surface area contributed by atoms with Crippen molar-refractivity contribution in [2.75, 3.05) is 0 Å². The van der Waals surface area contributed by atoms with Crippen LogP contribution in [0, 0.1) is 17.8 Å². The van der Waals surface area contributed by atoms with Crippen LogP contribution in [0.4, 0.5) is 0 Å². The second-order valence-corrected chi connectivity index (χ2v) is 6.98. The minimum Gasteiger partial charge on any atom is -0.462 e. The highest BCUT2D eigenvalue weighted by molar-refractivity contribution is 5.91. The van der Waals surface area contributed by atoms with Crippen LogP contribution in [0.5, 0.6) is 0 Å². The summed E-state index contributed by atoms with van der Waals surface area (Å²) >= 11 is 0. The van der Waals surface area contributed by atoms with Crippen molar-refractivity contribution in [1.82, 2.24) is 0 Å². The Kier molecular flexibility index (Phi) is 3.44. The molecule has 0 aromatic heterocycles. The van der Waals surface area contributed by atoms with Crippen LogP contribution >= 0.6 is 0 Å². The van der Waals surface area contributed by atoms with Crippen molar-refractivity contribution < 1.29 is 24.2 Å². The number of rotatable bonds is 1. The molecule has 0 aromatic rings. The molecule has 1 aliphatic heterocycles. The van der Waals surface area contributed by atoms with Crippen molar-refractivity contribution in [1.29, 1.82) is 0 Å². The maximum absolute atomic E-state index is 11.7. The Labute approximate surface area is 130 Å². The second-order valence-electron chi connectivity index (χ2n) is 6.98. The van der Waals surface area contributed by atoms with E-state index in [2.05, 4.69) is 6.58 Å². The maximum Gasteiger partial charge on any atom is 0.334 e.